The number of rotatable bonds is 8. The van der Waals surface area contributed by atoms with Gasteiger partial charge in [0.15, 0.2) is 0 Å². The van der Waals surface area contributed by atoms with Crippen LogP contribution in [0.25, 0.3) is 0 Å². The Morgan fingerprint density at radius 3 is 2.48 bits per heavy atom. The fraction of sp³-hybridized carbons (Fsp3) is 0.350. The van der Waals surface area contributed by atoms with Gasteiger partial charge in [-0.25, -0.2) is 0 Å². The molecule has 0 bridgehead atoms. The highest BCUT2D eigenvalue weighted by molar-refractivity contribution is 6.36. The molecule has 2 rings (SSSR count). The summed E-state index contributed by atoms with van der Waals surface area (Å²) in [5.74, 6) is -0.807. The van der Waals surface area contributed by atoms with Crippen LogP contribution >= 0.6 is 23.2 Å². The molecule has 9 heteroatoms. The highest BCUT2D eigenvalue weighted by Gasteiger charge is 2.28. The number of likely N-dealkylation sites (N-methyl/N-ethyl adjacent to an activating group) is 1. The van der Waals surface area contributed by atoms with E-state index >= 15 is 0 Å². The van der Waals surface area contributed by atoms with E-state index < -0.39 is 11.9 Å². The molecule has 0 aliphatic carbocycles. The summed E-state index contributed by atoms with van der Waals surface area (Å²) >= 11 is 11.9. The molecule has 0 radical (unpaired) electrons. The Hall–Kier alpha value is -2.51. The van der Waals surface area contributed by atoms with Gasteiger partial charge in [0.1, 0.15) is 11.8 Å². The van der Waals surface area contributed by atoms with Gasteiger partial charge >= 0.3 is 0 Å². The van der Waals surface area contributed by atoms with E-state index in [1.807, 2.05) is 0 Å². The van der Waals surface area contributed by atoms with E-state index in [0.29, 0.717) is 10.8 Å². The predicted octanol–water partition coefficient (Wildman–Crippen LogP) is 3.12. The van der Waals surface area contributed by atoms with Crippen LogP contribution in [0.3, 0.4) is 0 Å². The van der Waals surface area contributed by atoms with Crippen LogP contribution in [0.4, 0.5) is 0 Å². The molecule has 1 atom stereocenters. The van der Waals surface area contributed by atoms with Crippen molar-refractivity contribution in [3.63, 3.8) is 0 Å². The molecule has 1 aromatic carbocycles. The summed E-state index contributed by atoms with van der Waals surface area (Å²) < 4.78 is 5.15. The van der Waals surface area contributed by atoms with Crippen LogP contribution in [0.5, 0.6) is 0 Å². The van der Waals surface area contributed by atoms with Gasteiger partial charge in [0, 0.05) is 12.1 Å². The van der Waals surface area contributed by atoms with E-state index in [0.717, 1.165) is 0 Å². The zero-order chi connectivity index (χ0) is 21.6. The van der Waals surface area contributed by atoms with Crippen molar-refractivity contribution in [3.05, 3.63) is 58.0 Å². The third-order valence-corrected chi connectivity index (χ3v) is 4.74. The number of nitrogens with one attached hydrogen (secondary N) is 2. The summed E-state index contributed by atoms with van der Waals surface area (Å²) in [6.07, 6.45) is 1.51. The van der Waals surface area contributed by atoms with Crippen molar-refractivity contribution in [2.75, 3.05) is 13.6 Å². The normalized spacial score (nSPS) is 11.8. The Balaban J connectivity index is 1.98. The van der Waals surface area contributed by atoms with Crippen LogP contribution in [0.15, 0.2) is 41.0 Å². The van der Waals surface area contributed by atoms with E-state index in [2.05, 4.69) is 10.6 Å². The predicted molar refractivity (Wildman–Crippen MR) is 111 cm³/mol. The number of carbonyl (C=O) groups is 3. The summed E-state index contributed by atoms with van der Waals surface area (Å²) in [5, 5.41) is 5.97. The number of hydrogen-bond donors (Lipinski definition) is 2. The number of hydrogen-bond acceptors (Lipinski definition) is 4. The first kappa shape index (κ1) is 22.8. The minimum atomic E-state index is -0.822. The Bertz CT molecular complexity index is 869. The molecular formula is C20H23Cl2N3O4. The van der Waals surface area contributed by atoms with Gasteiger partial charge in [-0.2, -0.15) is 0 Å². The summed E-state index contributed by atoms with van der Waals surface area (Å²) in [5.41, 5.74) is 0.216. The van der Waals surface area contributed by atoms with Crippen molar-refractivity contribution in [1.82, 2.24) is 15.5 Å². The van der Waals surface area contributed by atoms with Crippen LogP contribution in [0.1, 0.15) is 30.0 Å². The van der Waals surface area contributed by atoms with Crippen molar-refractivity contribution in [1.29, 1.82) is 0 Å². The molecule has 3 amide bonds. The smallest absolute Gasteiger partial charge is 0.253 e. The lowest BCUT2D eigenvalue weighted by atomic mass is 10.0. The van der Waals surface area contributed by atoms with Crippen molar-refractivity contribution < 1.29 is 18.8 Å². The van der Waals surface area contributed by atoms with Gasteiger partial charge in [-0.3, -0.25) is 14.4 Å². The first-order valence-corrected chi connectivity index (χ1v) is 9.74. The minimum Gasteiger partial charge on any atom is -0.467 e. The molecule has 0 aliphatic heterocycles. The van der Waals surface area contributed by atoms with Crippen molar-refractivity contribution in [2.24, 2.45) is 5.92 Å². The molecule has 156 valence electrons. The van der Waals surface area contributed by atoms with Crippen molar-refractivity contribution in [2.45, 2.75) is 26.4 Å². The number of furan rings is 1. The van der Waals surface area contributed by atoms with Gasteiger partial charge < -0.3 is 20.0 Å². The van der Waals surface area contributed by atoms with Crippen LogP contribution in [0, 0.1) is 5.92 Å². The number of halogens is 2. The first-order valence-electron chi connectivity index (χ1n) is 8.99. The van der Waals surface area contributed by atoms with Gasteiger partial charge in [-0.15, -0.1) is 0 Å². The Morgan fingerprint density at radius 2 is 1.90 bits per heavy atom. The van der Waals surface area contributed by atoms with E-state index in [1.54, 1.807) is 32.0 Å². The average molecular weight is 440 g/mol. The minimum absolute atomic E-state index is 0.152. The second-order valence-electron chi connectivity index (χ2n) is 6.87. The zero-order valence-electron chi connectivity index (χ0n) is 16.4. The third-order valence-electron chi connectivity index (χ3n) is 4.19. The largest absolute Gasteiger partial charge is 0.467 e. The highest BCUT2D eigenvalue weighted by atomic mass is 35.5. The standard InChI is InChI=1S/C20H23Cl2N3O4/c1-12(2)18(24-19(27)15-7-6-13(21)9-16(15)22)20(28)25(3)11-17(26)23-10-14-5-4-8-29-14/h4-9,12,18H,10-11H2,1-3H3,(H,23,26)(H,24,27). The molecule has 0 saturated carbocycles. The van der Waals surface area contributed by atoms with Gasteiger partial charge in [0.2, 0.25) is 11.8 Å². The molecule has 0 aliphatic rings. The molecule has 1 aromatic heterocycles. The van der Waals surface area contributed by atoms with Gasteiger partial charge in [-0.1, -0.05) is 37.0 Å². The quantitative estimate of drug-likeness (QED) is 0.660. The molecular weight excluding hydrogens is 417 g/mol. The van der Waals surface area contributed by atoms with Crippen molar-refractivity contribution in [3.8, 4) is 0 Å². The Labute approximate surface area is 179 Å². The van der Waals surface area contributed by atoms with Crippen molar-refractivity contribution >= 4 is 40.9 Å². The first-order chi connectivity index (χ1) is 13.7. The second kappa shape index (κ2) is 10.3. The maximum atomic E-state index is 12.8. The van der Waals surface area contributed by atoms with Crippen LogP contribution in [-0.4, -0.2) is 42.3 Å². The molecule has 0 saturated heterocycles. The molecule has 7 nitrogen and oxygen atoms in total. The average Bonchev–Trinajstić information content (AvgIpc) is 3.17. The number of amides is 3. The Kier molecular flexibility index (Phi) is 8.10. The lowest BCUT2D eigenvalue weighted by Gasteiger charge is -2.27. The molecule has 0 fully saturated rings. The number of nitrogens with zero attached hydrogens (tertiary/aromatic N) is 1. The molecule has 1 unspecified atom stereocenters. The van der Waals surface area contributed by atoms with Crippen LogP contribution in [0.2, 0.25) is 10.0 Å². The number of benzene rings is 1. The summed E-state index contributed by atoms with van der Waals surface area (Å²) in [6.45, 7) is 3.68. The molecule has 0 spiro atoms. The van der Waals surface area contributed by atoms with Gasteiger partial charge in [0.05, 0.1) is 29.9 Å². The lowest BCUT2D eigenvalue weighted by molar-refractivity contribution is -0.137. The van der Waals surface area contributed by atoms with Gasteiger partial charge in [-0.05, 0) is 36.2 Å². The summed E-state index contributed by atoms with van der Waals surface area (Å²) in [4.78, 5) is 38.8. The van der Waals surface area contributed by atoms with E-state index in [-0.39, 0.29) is 41.4 Å². The summed E-state index contributed by atoms with van der Waals surface area (Å²) in [7, 11) is 1.51. The third kappa shape index (κ3) is 6.51. The monoisotopic (exact) mass is 439 g/mol. The molecule has 1 heterocycles. The molecule has 29 heavy (non-hydrogen) atoms. The lowest BCUT2D eigenvalue weighted by Crippen LogP contribution is -2.52. The SMILES string of the molecule is CC(C)C(NC(=O)c1ccc(Cl)cc1Cl)C(=O)N(C)CC(=O)NCc1ccco1. The zero-order valence-corrected chi connectivity index (χ0v) is 17.9. The van der Waals surface area contributed by atoms with Gasteiger partial charge in [0.25, 0.3) is 5.91 Å². The van der Waals surface area contributed by atoms with E-state index in [9.17, 15) is 14.4 Å². The molecule has 2 aromatic rings. The summed E-state index contributed by atoms with van der Waals surface area (Å²) in [6, 6.07) is 7.13. The molecule has 2 N–H and O–H groups in total. The van der Waals surface area contributed by atoms with Crippen LogP contribution < -0.4 is 10.6 Å². The fourth-order valence-electron chi connectivity index (χ4n) is 2.59. The fourth-order valence-corrected chi connectivity index (χ4v) is 3.09. The van der Waals surface area contributed by atoms with Crippen LogP contribution in [-0.2, 0) is 16.1 Å². The highest BCUT2D eigenvalue weighted by Crippen LogP contribution is 2.21. The topological polar surface area (TPSA) is 91.7 Å². The maximum Gasteiger partial charge on any atom is 0.253 e. The van der Waals surface area contributed by atoms with E-state index in [1.165, 1.54) is 30.3 Å². The second-order valence-corrected chi connectivity index (χ2v) is 7.71. The maximum absolute atomic E-state index is 12.8. The number of carbonyl (C=O) groups excluding carboxylic acids is 3. The Morgan fingerprint density at radius 1 is 1.17 bits per heavy atom. The van der Waals surface area contributed by atoms with E-state index in [4.69, 9.17) is 27.6 Å².